The number of halogens is 1. The molecule has 0 spiro atoms. The van der Waals surface area contributed by atoms with Crippen molar-refractivity contribution in [1.82, 2.24) is 5.48 Å². The maximum atomic E-state index is 6.11. The molecular formula is C14H20BrNO2. The van der Waals surface area contributed by atoms with Gasteiger partial charge in [-0.2, -0.15) is 5.48 Å². The SMILES string of the molecule is CCC1Oc2c(C(C)C)cc(Br)cc2C1NOC. The second-order valence-corrected chi connectivity index (χ2v) is 5.85. The number of hydrogen-bond acceptors (Lipinski definition) is 3. The second-order valence-electron chi connectivity index (χ2n) is 4.93. The minimum atomic E-state index is 0.102. The first-order chi connectivity index (χ1) is 8.58. The van der Waals surface area contributed by atoms with E-state index in [4.69, 9.17) is 9.57 Å². The number of benzene rings is 1. The van der Waals surface area contributed by atoms with Crippen LogP contribution in [0.4, 0.5) is 0 Å². The van der Waals surface area contributed by atoms with Crippen LogP contribution in [-0.2, 0) is 4.84 Å². The molecule has 2 atom stereocenters. The third kappa shape index (κ3) is 2.42. The van der Waals surface area contributed by atoms with Gasteiger partial charge in [0.25, 0.3) is 0 Å². The predicted octanol–water partition coefficient (Wildman–Crippen LogP) is 3.94. The van der Waals surface area contributed by atoms with Crippen molar-refractivity contribution < 1.29 is 9.57 Å². The zero-order chi connectivity index (χ0) is 13.3. The van der Waals surface area contributed by atoms with Crippen LogP contribution in [0.25, 0.3) is 0 Å². The molecule has 4 heteroatoms. The number of fused-ring (bicyclic) bond motifs is 1. The van der Waals surface area contributed by atoms with Crippen molar-refractivity contribution in [3.63, 3.8) is 0 Å². The zero-order valence-corrected chi connectivity index (χ0v) is 12.9. The highest BCUT2D eigenvalue weighted by Crippen LogP contribution is 2.44. The molecular weight excluding hydrogens is 294 g/mol. The molecule has 0 aliphatic carbocycles. The van der Waals surface area contributed by atoms with E-state index in [1.165, 1.54) is 11.1 Å². The minimum absolute atomic E-state index is 0.102. The Balaban J connectivity index is 2.47. The molecule has 3 nitrogen and oxygen atoms in total. The van der Waals surface area contributed by atoms with E-state index >= 15 is 0 Å². The van der Waals surface area contributed by atoms with Crippen molar-refractivity contribution in [1.29, 1.82) is 0 Å². The van der Waals surface area contributed by atoms with E-state index in [2.05, 4.69) is 54.3 Å². The molecule has 0 saturated heterocycles. The standard InChI is InChI=1S/C14H20BrNO2/c1-5-12-13(16-17-4)11-7-9(15)6-10(8(2)3)14(11)18-12/h6-8,12-13,16H,5H2,1-4H3. The van der Waals surface area contributed by atoms with Gasteiger partial charge in [-0.25, -0.2) is 0 Å². The van der Waals surface area contributed by atoms with Crippen molar-refractivity contribution in [3.8, 4) is 5.75 Å². The first kappa shape index (κ1) is 13.8. The smallest absolute Gasteiger partial charge is 0.128 e. The van der Waals surface area contributed by atoms with Gasteiger partial charge < -0.3 is 9.57 Å². The normalized spacial score (nSPS) is 22.1. The summed E-state index contributed by atoms with van der Waals surface area (Å²) in [5, 5.41) is 0. The highest BCUT2D eigenvalue weighted by atomic mass is 79.9. The topological polar surface area (TPSA) is 30.5 Å². The molecule has 18 heavy (non-hydrogen) atoms. The van der Waals surface area contributed by atoms with Crippen LogP contribution in [0.5, 0.6) is 5.75 Å². The average Bonchev–Trinajstić information content (AvgIpc) is 2.67. The number of nitrogens with one attached hydrogen (secondary N) is 1. The Bertz CT molecular complexity index is 434. The first-order valence-electron chi connectivity index (χ1n) is 6.37. The lowest BCUT2D eigenvalue weighted by Gasteiger charge is -2.17. The Morgan fingerprint density at radius 2 is 2.17 bits per heavy atom. The lowest BCUT2D eigenvalue weighted by Crippen LogP contribution is -2.29. The van der Waals surface area contributed by atoms with E-state index in [0.717, 1.165) is 16.6 Å². The fraction of sp³-hybridized carbons (Fsp3) is 0.571. The summed E-state index contributed by atoms with van der Waals surface area (Å²) in [5.74, 6) is 1.46. The van der Waals surface area contributed by atoms with Gasteiger partial charge in [0.05, 0.1) is 13.2 Å². The molecule has 0 radical (unpaired) electrons. The largest absolute Gasteiger partial charge is 0.488 e. The number of hydrogen-bond donors (Lipinski definition) is 1. The van der Waals surface area contributed by atoms with Crippen molar-refractivity contribution in [3.05, 3.63) is 27.7 Å². The van der Waals surface area contributed by atoms with Gasteiger partial charge in [-0.15, -0.1) is 0 Å². The van der Waals surface area contributed by atoms with Crippen molar-refractivity contribution in [2.24, 2.45) is 0 Å². The van der Waals surface area contributed by atoms with Crippen LogP contribution in [0.15, 0.2) is 16.6 Å². The fourth-order valence-corrected chi connectivity index (χ4v) is 2.93. The summed E-state index contributed by atoms with van der Waals surface area (Å²) in [7, 11) is 1.64. The molecule has 0 bridgehead atoms. The summed E-state index contributed by atoms with van der Waals surface area (Å²) < 4.78 is 7.20. The highest BCUT2D eigenvalue weighted by molar-refractivity contribution is 9.10. The Kier molecular flexibility index (Phi) is 4.30. The fourth-order valence-electron chi connectivity index (χ4n) is 2.44. The van der Waals surface area contributed by atoms with Crippen molar-refractivity contribution in [2.45, 2.75) is 45.3 Å². The molecule has 1 aromatic carbocycles. The molecule has 100 valence electrons. The van der Waals surface area contributed by atoms with Gasteiger partial charge in [-0.1, -0.05) is 36.7 Å². The van der Waals surface area contributed by atoms with Gasteiger partial charge in [0.2, 0.25) is 0 Å². The molecule has 0 aromatic heterocycles. The van der Waals surface area contributed by atoms with Gasteiger partial charge in [0.15, 0.2) is 0 Å². The number of rotatable bonds is 4. The van der Waals surface area contributed by atoms with Crippen LogP contribution in [0.3, 0.4) is 0 Å². The third-order valence-corrected chi connectivity index (χ3v) is 3.81. The third-order valence-electron chi connectivity index (χ3n) is 3.36. The molecule has 1 N–H and O–H groups in total. The molecule has 1 aliphatic rings. The summed E-state index contributed by atoms with van der Waals surface area (Å²) in [5.41, 5.74) is 5.48. The lowest BCUT2D eigenvalue weighted by molar-refractivity contribution is 0.0282. The number of hydroxylamine groups is 1. The van der Waals surface area contributed by atoms with Crippen LogP contribution in [0, 0.1) is 0 Å². The van der Waals surface area contributed by atoms with Gasteiger partial charge in [-0.3, -0.25) is 0 Å². The van der Waals surface area contributed by atoms with E-state index in [1.807, 2.05) is 0 Å². The zero-order valence-electron chi connectivity index (χ0n) is 11.3. The van der Waals surface area contributed by atoms with Crippen LogP contribution in [0.1, 0.15) is 50.3 Å². The molecule has 1 heterocycles. The number of ether oxygens (including phenoxy) is 1. The quantitative estimate of drug-likeness (QED) is 0.854. The Morgan fingerprint density at radius 1 is 1.44 bits per heavy atom. The summed E-state index contributed by atoms with van der Waals surface area (Å²) in [4.78, 5) is 5.11. The predicted molar refractivity (Wildman–Crippen MR) is 75.8 cm³/mol. The summed E-state index contributed by atoms with van der Waals surface area (Å²) >= 11 is 3.58. The second kappa shape index (κ2) is 5.59. The highest BCUT2D eigenvalue weighted by Gasteiger charge is 2.35. The van der Waals surface area contributed by atoms with Crippen molar-refractivity contribution >= 4 is 15.9 Å². The van der Waals surface area contributed by atoms with Crippen LogP contribution in [0.2, 0.25) is 0 Å². The first-order valence-corrected chi connectivity index (χ1v) is 7.16. The van der Waals surface area contributed by atoms with E-state index in [-0.39, 0.29) is 12.1 Å². The Morgan fingerprint density at radius 3 is 2.72 bits per heavy atom. The minimum Gasteiger partial charge on any atom is -0.488 e. The summed E-state index contributed by atoms with van der Waals surface area (Å²) in [6.45, 7) is 6.50. The van der Waals surface area contributed by atoms with Gasteiger partial charge in [-0.05, 0) is 30.0 Å². The molecule has 0 amide bonds. The molecule has 2 unspecified atom stereocenters. The van der Waals surface area contributed by atoms with Gasteiger partial charge in [0, 0.05) is 10.0 Å². The van der Waals surface area contributed by atoms with Crippen LogP contribution < -0.4 is 10.2 Å². The maximum Gasteiger partial charge on any atom is 0.128 e. The molecule has 0 saturated carbocycles. The van der Waals surface area contributed by atoms with Crippen LogP contribution >= 0.6 is 15.9 Å². The molecule has 2 rings (SSSR count). The van der Waals surface area contributed by atoms with E-state index in [0.29, 0.717) is 5.92 Å². The average molecular weight is 314 g/mol. The van der Waals surface area contributed by atoms with E-state index in [9.17, 15) is 0 Å². The van der Waals surface area contributed by atoms with Crippen LogP contribution in [-0.4, -0.2) is 13.2 Å². The van der Waals surface area contributed by atoms with Crippen molar-refractivity contribution in [2.75, 3.05) is 7.11 Å². The Labute approximate surface area is 117 Å². The van der Waals surface area contributed by atoms with E-state index < -0.39 is 0 Å². The Hall–Kier alpha value is -0.580. The monoisotopic (exact) mass is 313 g/mol. The van der Waals surface area contributed by atoms with Gasteiger partial charge in [0.1, 0.15) is 11.9 Å². The lowest BCUT2D eigenvalue weighted by atomic mass is 9.96. The molecule has 1 aliphatic heterocycles. The summed E-state index contributed by atoms with van der Waals surface area (Å²) in [6.07, 6.45) is 1.08. The summed E-state index contributed by atoms with van der Waals surface area (Å²) in [6, 6.07) is 4.36. The van der Waals surface area contributed by atoms with E-state index in [1.54, 1.807) is 7.11 Å². The maximum absolute atomic E-state index is 6.11. The molecule has 1 aromatic rings. The van der Waals surface area contributed by atoms with Gasteiger partial charge >= 0.3 is 0 Å². The molecule has 0 fully saturated rings.